The summed E-state index contributed by atoms with van der Waals surface area (Å²) >= 11 is 0. The highest BCUT2D eigenvalue weighted by Gasteiger charge is 2.25. The van der Waals surface area contributed by atoms with Crippen molar-refractivity contribution in [1.29, 1.82) is 0 Å². The molecule has 4 rings (SSSR count). The summed E-state index contributed by atoms with van der Waals surface area (Å²) in [5.41, 5.74) is 1.50. The van der Waals surface area contributed by atoms with E-state index in [9.17, 15) is 4.79 Å². The summed E-state index contributed by atoms with van der Waals surface area (Å²) in [5.74, 6) is 0.840. The summed E-state index contributed by atoms with van der Waals surface area (Å²) in [5, 5.41) is 7.68. The molecular formula is C21H24N8O3. The number of carbonyl (C=O) groups is 1. The normalized spacial score (nSPS) is 12.3. The number of imidazole rings is 1. The monoisotopic (exact) mass is 436 g/mol. The molecule has 4 aromatic rings. The van der Waals surface area contributed by atoms with Crippen LogP contribution in [0.2, 0.25) is 0 Å². The first-order chi connectivity index (χ1) is 15.4. The number of rotatable bonds is 8. The van der Waals surface area contributed by atoms with Crippen LogP contribution in [-0.2, 0) is 16.6 Å². The zero-order chi connectivity index (χ0) is 22.7. The number of anilines is 1. The molecule has 11 heteroatoms. The molecule has 0 saturated carbocycles. The minimum atomic E-state index is -0.963. The van der Waals surface area contributed by atoms with Gasteiger partial charge in [-0.3, -0.25) is 4.79 Å². The summed E-state index contributed by atoms with van der Waals surface area (Å²) < 4.78 is 15.1. The van der Waals surface area contributed by atoms with Crippen molar-refractivity contribution in [2.45, 2.75) is 33.0 Å². The third kappa shape index (κ3) is 4.57. The van der Waals surface area contributed by atoms with Gasteiger partial charge in [-0.1, -0.05) is 6.07 Å². The summed E-state index contributed by atoms with van der Waals surface area (Å²) in [7, 11) is 1.86. The maximum absolute atomic E-state index is 13.0. The smallest absolute Gasteiger partial charge is 0.269 e. The van der Waals surface area contributed by atoms with Crippen LogP contribution in [0, 0.1) is 6.92 Å². The Labute approximate surface area is 184 Å². The van der Waals surface area contributed by atoms with Crippen LogP contribution >= 0.6 is 0 Å². The lowest BCUT2D eigenvalue weighted by molar-refractivity contribution is -0.126. The zero-order valence-corrected chi connectivity index (χ0v) is 18.3. The third-order valence-corrected chi connectivity index (χ3v) is 4.60. The second kappa shape index (κ2) is 9.10. The summed E-state index contributed by atoms with van der Waals surface area (Å²) in [4.78, 5) is 30.0. The Bertz CT molecular complexity index is 1220. The fourth-order valence-electron chi connectivity index (χ4n) is 2.95. The number of aryl methyl sites for hydroxylation is 2. The Morgan fingerprint density at radius 2 is 2.00 bits per heavy atom. The Kier molecular flexibility index (Phi) is 6.08. The number of ether oxygens (including phenoxy) is 2. The average Bonchev–Trinajstić information content (AvgIpc) is 3.38. The minimum Gasteiger partial charge on any atom is -0.461 e. The summed E-state index contributed by atoms with van der Waals surface area (Å²) in [6, 6.07) is 3.59. The topological polar surface area (TPSA) is 122 Å². The van der Waals surface area contributed by atoms with Gasteiger partial charge >= 0.3 is 0 Å². The first-order valence-corrected chi connectivity index (χ1v) is 10.1. The first-order valence-electron chi connectivity index (χ1n) is 10.1. The molecule has 4 aromatic heterocycles. The molecule has 166 valence electrons. The van der Waals surface area contributed by atoms with Crippen molar-refractivity contribution in [1.82, 2.24) is 34.3 Å². The molecule has 0 saturated heterocycles. The van der Waals surface area contributed by atoms with Crippen LogP contribution in [0.3, 0.4) is 0 Å². The van der Waals surface area contributed by atoms with Crippen molar-refractivity contribution in [2.24, 2.45) is 7.05 Å². The van der Waals surface area contributed by atoms with Gasteiger partial charge in [0.25, 0.3) is 5.91 Å². The van der Waals surface area contributed by atoms with Gasteiger partial charge in [0.05, 0.1) is 18.9 Å². The molecule has 4 heterocycles. The van der Waals surface area contributed by atoms with Crippen molar-refractivity contribution in [3.05, 3.63) is 48.8 Å². The highest BCUT2D eigenvalue weighted by molar-refractivity contribution is 5.94. The highest BCUT2D eigenvalue weighted by atomic mass is 16.5. The fourth-order valence-corrected chi connectivity index (χ4v) is 2.95. The number of hydrogen-bond donors (Lipinski definition) is 1. The maximum Gasteiger partial charge on any atom is 0.269 e. The van der Waals surface area contributed by atoms with Crippen molar-refractivity contribution in [3.63, 3.8) is 0 Å². The van der Waals surface area contributed by atoms with Crippen LogP contribution in [0.25, 0.3) is 17.0 Å². The Morgan fingerprint density at radius 3 is 2.69 bits per heavy atom. The van der Waals surface area contributed by atoms with E-state index in [1.165, 1.54) is 6.33 Å². The van der Waals surface area contributed by atoms with Gasteiger partial charge in [0.15, 0.2) is 5.65 Å². The Balaban J connectivity index is 1.61. The summed E-state index contributed by atoms with van der Waals surface area (Å²) in [6.45, 7) is 5.73. The molecule has 11 nitrogen and oxygen atoms in total. The van der Waals surface area contributed by atoms with Crippen molar-refractivity contribution < 1.29 is 14.3 Å². The van der Waals surface area contributed by atoms with Gasteiger partial charge in [-0.15, -0.1) is 0 Å². The second-order valence-electron chi connectivity index (χ2n) is 7.51. The summed E-state index contributed by atoms with van der Waals surface area (Å²) in [6.07, 6.45) is 7.06. The van der Waals surface area contributed by atoms with E-state index in [2.05, 4.69) is 30.4 Å². The van der Waals surface area contributed by atoms with Crippen LogP contribution in [0.1, 0.15) is 19.4 Å². The molecule has 0 radical (unpaired) electrons. The van der Waals surface area contributed by atoms with Gasteiger partial charge in [-0.25, -0.2) is 19.9 Å². The molecule has 0 bridgehead atoms. The number of fused-ring (bicyclic) bond motifs is 1. The quantitative estimate of drug-likeness (QED) is 0.445. The molecule has 0 aromatic carbocycles. The standard InChI is InChI=1S/C21H24N8O3/c1-13(2)31-11-16(19(30)27-17-6-5-14(3)9-23-17)32-20-15-10-26-29(18(15)24-12-25-20)21-22-7-8-28(21)4/h5-10,12-13,16H,11H2,1-4H3,(H,23,27,30). The number of nitrogens with one attached hydrogen (secondary N) is 1. The van der Waals surface area contributed by atoms with Crippen LogP contribution in [0.4, 0.5) is 5.82 Å². The lowest BCUT2D eigenvalue weighted by atomic mass is 10.3. The Morgan fingerprint density at radius 1 is 1.16 bits per heavy atom. The van der Waals surface area contributed by atoms with E-state index in [4.69, 9.17) is 9.47 Å². The molecule has 0 fully saturated rings. The number of hydrogen-bond acceptors (Lipinski definition) is 8. The van der Waals surface area contributed by atoms with Crippen molar-refractivity contribution in [2.75, 3.05) is 11.9 Å². The van der Waals surface area contributed by atoms with Gasteiger partial charge in [-0.05, 0) is 32.4 Å². The molecule has 1 atom stereocenters. The third-order valence-electron chi connectivity index (χ3n) is 4.60. The minimum absolute atomic E-state index is 0.0361. The number of carbonyl (C=O) groups excluding carboxylic acids is 1. The molecule has 0 spiro atoms. The second-order valence-corrected chi connectivity index (χ2v) is 7.51. The van der Waals surface area contributed by atoms with Gasteiger partial charge < -0.3 is 19.4 Å². The molecule has 1 unspecified atom stereocenters. The van der Waals surface area contributed by atoms with E-state index in [1.807, 2.05) is 44.6 Å². The maximum atomic E-state index is 13.0. The van der Waals surface area contributed by atoms with Crippen LogP contribution in [0.5, 0.6) is 5.88 Å². The van der Waals surface area contributed by atoms with Crippen molar-refractivity contribution >= 4 is 22.8 Å². The van der Waals surface area contributed by atoms with Gasteiger partial charge in [-0.2, -0.15) is 9.78 Å². The van der Waals surface area contributed by atoms with Crippen LogP contribution in [-0.4, -0.2) is 59.0 Å². The number of aromatic nitrogens is 7. The molecule has 0 aliphatic carbocycles. The molecular weight excluding hydrogens is 412 g/mol. The van der Waals surface area contributed by atoms with E-state index in [0.29, 0.717) is 22.8 Å². The Hall–Kier alpha value is -3.86. The van der Waals surface area contributed by atoms with Gasteiger partial charge in [0.2, 0.25) is 17.9 Å². The predicted octanol–water partition coefficient (Wildman–Crippen LogP) is 2.06. The lowest BCUT2D eigenvalue weighted by Gasteiger charge is -2.19. The molecule has 0 aliphatic heterocycles. The van der Waals surface area contributed by atoms with E-state index >= 15 is 0 Å². The van der Waals surface area contributed by atoms with Crippen LogP contribution < -0.4 is 10.1 Å². The van der Waals surface area contributed by atoms with Gasteiger partial charge in [0, 0.05) is 25.6 Å². The van der Waals surface area contributed by atoms with E-state index in [0.717, 1.165) is 5.56 Å². The average molecular weight is 436 g/mol. The largest absolute Gasteiger partial charge is 0.461 e. The first kappa shape index (κ1) is 21.4. The fraction of sp³-hybridized carbons (Fsp3) is 0.333. The van der Waals surface area contributed by atoms with E-state index < -0.39 is 12.0 Å². The number of nitrogens with zero attached hydrogens (tertiary/aromatic N) is 7. The molecule has 1 amide bonds. The van der Waals surface area contributed by atoms with E-state index in [1.54, 1.807) is 29.3 Å². The van der Waals surface area contributed by atoms with Crippen molar-refractivity contribution in [3.8, 4) is 11.8 Å². The zero-order valence-electron chi connectivity index (χ0n) is 18.3. The van der Waals surface area contributed by atoms with Gasteiger partial charge in [0.1, 0.15) is 17.5 Å². The molecule has 0 aliphatic rings. The van der Waals surface area contributed by atoms with Crippen LogP contribution in [0.15, 0.2) is 43.2 Å². The molecule has 32 heavy (non-hydrogen) atoms. The highest BCUT2D eigenvalue weighted by Crippen LogP contribution is 2.24. The molecule has 1 N–H and O–H groups in total. The number of amides is 1. The number of pyridine rings is 1. The SMILES string of the molecule is Cc1ccc(NC(=O)C(COC(C)C)Oc2ncnc3c2cnn3-c2nccn2C)nc1. The lowest BCUT2D eigenvalue weighted by Crippen LogP contribution is -2.38. The van der Waals surface area contributed by atoms with E-state index in [-0.39, 0.29) is 18.6 Å². The predicted molar refractivity (Wildman–Crippen MR) is 117 cm³/mol.